The molecule has 0 bridgehead atoms. The highest BCUT2D eigenvalue weighted by Gasteiger charge is 2.37. The summed E-state index contributed by atoms with van der Waals surface area (Å²) < 4.78 is 22.8. The third-order valence-corrected chi connectivity index (χ3v) is 5.46. The number of rotatable bonds is 6. The Hall–Kier alpha value is -0.130. The molecule has 1 saturated heterocycles. The van der Waals surface area contributed by atoms with Gasteiger partial charge in [-0.15, -0.1) is 0 Å². The van der Waals surface area contributed by atoms with Gasteiger partial charge >= 0.3 is 0 Å². The Bertz CT molecular complexity index is 375. The summed E-state index contributed by atoms with van der Waals surface area (Å²) in [5, 5.41) is 3.70. The number of sulfone groups is 1. The number of piperazine rings is 1. The Balaban J connectivity index is 2.79. The number of nitrogens with zero attached hydrogens (tertiary/aromatic N) is 1. The molecule has 1 fully saturated rings. The van der Waals surface area contributed by atoms with Crippen molar-refractivity contribution in [1.82, 2.24) is 10.2 Å². The monoisotopic (exact) mass is 290 g/mol. The van der Waals surface area contributed by atoms with Gasteiger partial charge in [-0.1, -0.05) is 27.7 Å². The highest BCUT2D eigenvalue weighted by atomic mass is 32.2. The molecule has 0 aromatic rings. The first-order chi connectivity index (χ1) is 8.73. The Labute approximate surface area is 118 Å². The van der Waals surface area contributed by atoms with E-state index in [1.807, 2.05) is 0 Å². The smallest absolute Gasteiger partial charge is 0.148 e. The van der Waals surface area contributed by atoms with Gasteiger partial charge in [-0.2, -0.15) is 0 Å². The molecule has 0 aromatic heterocycles. The minimum absolute atomic E-state index is 0.156. The van der Waals surface area contributed by atoms with Crippen LogP contribution < -0.4 is 5.32 Å². The maximum absolute atomic E-state index is 11.4. The lowest BCUT2D eigenvalue weighted by Gasteiger charge is -2.49. The summed E-state index contributed by atoms with van der Waals surface area (Å²) >= 11 is 0. The van der Waals surface area contributed by atoms with Crippen LogP contribution >= 0.6 is 0 Å². The van der Waals surface area contributed by atoms with Gasteiger partial charge in [0.25, 0.3) is 0 Å². The Morgan fingerprint density at radius 3 is 2.32 bits per heavy atom. The third kappa shape index (κ3) is 4.72. The van der Waals surface area contributed by atoms with Gasteiger partial charge < -0.3 is 5.32 Å². The van der Waals surface area contributed by atoms with Crippen molar-refractivity contribution in [2.75, 3.05) is 31.6 Å². The zero-order valence-electron chi connectivity index (χ0n) is 13.1. The van der Waals surface area contributed by atoms with Crippen LogP contribution in [-0.2, 0) is 9.84 Å². The minimum Gasteiger partial charge on any atom is -0.308 e. The topological polar surface area (TPSA) is 49.4 Å². The molecule has 0 aromatic carbocycles. The van der Waals surface area contributed by atoms with Crippen LogP contribution in [0.2, 0.25) is 0 Å². The highest BCUT2D eigenvalue weighted by molar-refractivity contribution is 7.90. The summed E-state index contributed by atoms with van der Waals surface area (Å²) in [6.45, 7) is 11.4. The molecule has 1 aliphatic rings. The van der Waals surface area contributed by atoms with E-state index >= 15 is 0 Å². The van der Waals surface area contributed by atoms with Gasteiger partial charge in [-0.3, -0.25) is 4.90 Å². The first kappa shape index (κ1) is 16.9. The van der Waals surface area contributed by atoms with Crippen molar-refractivity contribution >= 4 is 9.84 Å². The van der Waals surface area contributed by atoms with Gasteiger partial charge in [-0.25, -0.2) is 8.42 Å². The van der Waals surface area contributed by atoms with Crippen LogP contribution in [0, 0.1) is 5.92 Å². The van der Waals surface area contributed by atoms with Crippen LogP contribution in [0.15, 0.2) is 0 Å². The number of hydrogen-bond donors (Lipinski definition) is 1. The molecule has 1 unspecified atom stereocenters. The van der Waals surface area contributed by atoms with Crippen LogP contribution in [0.25, 0.3) is 0 Å². The van der Waals surface area contributed by atoms with E-state index in [4.69, 9.17) is 0 Å². The van der Waals surface area contributed by atoms with Crippen LogP contribution in [0.4, 0.5) is 0 Å². The molecule has 0 radical (unpaired) electrons. The van der Waals surface area contributed by atoms with Crippen molar-refractivity contribution in [2.24, 2.45) is 5.92 Å². The lowest BCUT2D eigenvalue weighted by Crippen LogP contribution is -2.65. The maximum atomic E-state index is 11.4. The van der Waals surface area contributed by atoms with E-state index in [-0.39, 0.29) is 11.3 Å². The second-order valence-corrected chi connectivity index (χ2v) is 8.54. The Morgan fingerprint density at radius 2 is 1.89 bits per heavy atom. The zero-order valence-corrected chi connectivity index (χ0v) is 13.9. The maximum Gasteiger partial charge on any atom is 0.148 e. The number of hydrogen-bond acceptors (Lipinski definition) is 4. The first-order valence-corrected chi connectivity index (χ1v) is 9.46. The number of nitrogens with one attached hydrogen (secondary N) is 1. The van der Waals surface area contributed by atoms with Gasteiger partial charge in [0.2, 0.25) is 0 Å². The van der Waals surface area contributed by atoms with Crippen LogP contribution in [0.3, 0.4) is 0 Å². The lowest BCUT2D eigenvalue weighted by atomic mass is 9.86. The summed E-state index contributed by atoms with van der Waals surface area (Å²) in [4.78, 5) is 2.38. The van der Waals surface area contributed by atoms with Gasteiger partial charge in [0.15, 0.2) is 0 Å². The van der Waals surface area contributed by atoms with Crippen molar-refractivity contribution in [1.29, 1.82) is 0 Å². The summed E-state index contributed by atoms with van der Waals surface area (Å²) in [6.07, 6.45) is 3.50. The van der Waals surface area contributed by atoms with Crippen molar-refractivity contribution < 1.29 is 8.42 Å². The van der Waals surface area contributed by atoms with Crippen LogP contribution in [-0.4, -0.2) is 56.5 Å². The first-order valence-electron chi connectivity index (χ1n) is 7.40. The van der Waals surface area contributed by atoms with Crippen LogP contribution in [0.1, 0.15) is 40.5 Å². The molecule has 0 amide bonds. The molecule has 114 valence electrons. The second-order valence-electron chi connectivity index (χ2n) is 6.28. The van der Waals surface area contributed by atoms with Gasteiger partial charge in [0, 0.05) is 37.5 Å². The zero-order chi connectivity index (χ0) is 14.7. The Kier molecular flexibility index (Phi) is 5.83. The van der Waals surface area contributed by atoms with Crippen LogP contribution in [0.5, 0.6) is 0 Å². The molecule has 1 N–H and O–H groups in total. The molecule has 0 aliphatic carbocycles. The summed E-state index contributed by atoms with van der Waals surface area (Å²) in [5.74, 6) is 0.804. The highest BCUT2D eigenvalue weighted by Crippen LogP contribution is 2.25. The molecule has 5 heteroatoms. The van der Waals surface area contributed by atoms with Crippen molar-refractivity contribution in [3.8, 4) is 0 Å². The van der Waals surface area contributed by atoms with E-state index in [2.05, 4.69) is 37.9 Å². The average Bonchev–Trinajstić information content (AvgIpc) is 2.34. The predicted molar refractivity (Wildman–Crippen MR) is 81.2 cm³/mol. The van der Waals surface area contributed by atoms with E-state index in [1.54, 1.807) is 0 Å². The molecule has 1 atom stereocenters. The molecule has 0 saturated carbocycles. The fourth-order valence-electron chi connectivity index (χ4n) is 2.92. The molecule has 1 heterocycles. The average molecular weight is 290 g/mol. The van der Waals surface area contributed by atoms with Gasteiger partial charge in [-0.05, 0) is 18.8 Å². The van der Waals surface area contributed by atoms with E-state index in [0.717, 1.165) is 25.9 Å². The molecule has 1 aliphatic heterocycles. The predicted octanol–water partition coefficient (Wildman–Crippen LogP) is 1.52. The molecule has 19 heavy (non-hydrogen) atoms. The lowest BCUT2D eigenvalue weighted by molar-refractivity contribution is 0.0555. The van der Waals surface area contributed by atoms with E-state index in [9.17, 15) is 8.42 Å². The normalized spacial score (nSPS) is 24.8. The summed E-state index contributed by atoms with van der Waals surface area (Å²) in [6, 6.07) is 0.438. The van der Waals surface area contributed by atoms with E-state index in [0.29, 0.717) is 18.5 Å². The molecule has 0 spiro atoms. The standard InChI is InChI=1S/C14H30N2O2S/c1-6-14(7-2)11-16(8-9-19(5,17)18)13(10-15-14)12(3)4/h12-13,15H,6-11H2,1-5H3. The fourth-order valence-corrected chi connectivity index (χ4v) is 3.49. The van der Waals surface area contributed by atoms with Gasteiger partial charge in [0.05, 0.1) is 5.75 Å². The SMILES string of the molecule is CCC1(CC)CN(CCS(C)(=O)=O)C(C(C)C)CN1. The quantitative estimate of drug-likeness (QED) is 0.806. The van der Waals surface area contributed by atoms with Gasteiger partial charge in [0.1, 0.15) is 9.84 Å². The molecular weight excluding hydrogens is 260 g/mol. The summed E-state index contributed by atoms with van der Waals surface area (Å²) in [7, 11) is -2.89. The minimum atomic E-state index is -2.89. The van der Waals surface area contributed by atoms with Crippen molar-refractivity contribution in [2.45, 2.75) is 52.1 Å². The largest absolute Gasteiger partial charge is 0.308 e. The second kappa shape index (κ2) is 6.55. The van der Waals surface area contributed by atoms with E-state index < -0.39 is 9.84 Å². The van der Waals surface area contributed by atoms with Crippen molar-refractivity contribution in [3.63, 3.8) is 0 Å². The molecule has 4 nitrogen and oxygen atoms in total. The molecular formula is C14H30N2O2S. The Morgan fingerprint density at radius 1 is 1.32 bits per heavy atom. The fraction of sp³-hybridized carbons (Fsp3) is 1.00. The van der Waals surface area contributed by atoms with Crippen molar-refractivity contribution in [3.05, 3.63) is 0 Å². The molecule has 1 rings (SSSR count). The summed E-state index contributed by atoms with van der Waals surface area (Å²) in [5.41, 5.74) is 0.156. The van der Waals surface area contributed by atoms with E-state index in [1.165, 1.54) is 6.26 Å². The third-order valence-electron chi connectivity index (χ3n) is 4.53.